The van der Waals surface area contributed by atoms with Crippen LogP contribution in [0, 0.1) is 5.92 Å². The van der Waals surface area contributed by atoms with E-state index in [0.717, 1.165) is 17.5 Å². The molecule has 1 saturated carbocycles. The molecule has 0 radical (unpaired) electrons. The van der Waals surface area contributed by atoms with E-state index in [1.165, 1.54) is 6.33 Å². The van der Waals surface area contributed by atoms with E-state index in [9.17, 15) is 14.4 Å². The third-order valence-electron chi connectivity index (χ3n) is 6.42. The third-order valence-corrected chi connectivity index (χ3v) is 6.42. The van der Waals surface area contributed by atoms with Gasteiger partial charge >= 0.3 is 0 Å². The Morgan fingerprint density at radius 2 is 1.97 bits per heavy atom. The summed E-state index contributed by atoms with van der Waals surface area (Å²) in [7, 11) is 0. The molecule has 10 nitrogen and oxygen atoms in total. The number of hydrogen-bond donors (Lipinski definition) is 4. The molecule has 2 atom stereocenters. The molecule has 4 aromatic rings. The Labute approximate surface area is 205 Å². The molecule has 36 heavy (non-hydrogen) atoms. The van der Waals surface area contributed by atoms with Crippen molar-refractivity contribution in [2.24, 2.45) is 5.92 Å². The lowest BCUT2D eigenvalue weighted by atomic mass is 10.1. The maximum atomic E-state index is 12.9. The second kappa shape index (κ2) is 8.81. The quantitative estimate of drug-likeness (QED) is 0.333. The van der Waals surface area contributed by atoms with Crippen LogP contribution in [0.5, 0.6) is 5.75 Å². The Balaban J connectivity index is 1.14. The molecule has 0 saturated heterocycles. The summed E-state index contributed by atoms with van der Waals surface area (Å²) in [6.07, 6.45) is 3.73. The lowest BCUT2D eigenvalue weighted by Gasteiger charge is -2.18. The smallest absolute Gasteiger partial charge is 0.272 e. The van der Waals surface area contributed by atoms with Gasteiger partial charge in [0.05, 0.1) is 16.9 Å². The van der Waals surface area contributed by atoms with Crippen LogP contribution in [0.15, 0.2) is 61.1 Å². The number of carbonyl (C=O) groups excluding carboxylic acids is 3. The first-order chi connectivity index (χ1) is 17.6. The minimum absolute atomic E-state index is 0.0142. The normalized spacial score (nSPS) is 18.1. The molecule has 6 rings (SSSR count). The molecule has 1 fully saturated rings. The van der Waals surface area contributed by atoms with Gasteiger partial charge in [-0.2, -0.15) is 0 Å². The number of aromatic nitrogens is 3. The molecule has 0 spiro atoms. The molecule has 180 valence electrons. The highest BCUT2D eigenvalue weighted by molar-refractivity contribution is 6.08. The number of rotatable bonds is 6. The average molecular weight is 483 g/mol. The van der Waals surface area contributed by atoms with Crippen LogP contribution >= 0.6 is 0 Å². The van der Waals surface area contributed by atoms with Crippen LogP contribution in [0.4, 0.5) is 11.4 Å². The van der Waals surface area contributed by atoms with Gasteiger partial charge in [0, 0.05) is 18.7 Å². The first-order valence-corrected chi connectivity index (χ1v) is 11.6. The van der Waals surface area contributed by atoms with E-state index in [1.54, 1.807) is 18.3 Å². The second-order valence-electron chi connectivity index (χ2n) is 8.85. The van der Waals surface area contributed by atoms with Gasteiger partial charge in [-0.15, -0.1) is 0 Å². The highest BCUT2D eigenvalue weighted by Crippen LogP contribution is 2.48. The number of aromatic amines is 1. The van der Waals surface area contributed by atoms with E-state index in [1.807, 2.05) is 36.4 Å². The minimum Gasteiger partial charge on any atom is -0.482 e. The fourth-order valence-corrected chi connectivity index (χ4v) is 4.49. The SMILES string of the molecule is O=C1COc2ccc(CNC(=O)c3ncnc4c(NC(=O)[C@H]5C[C@@H]5c5ccccc5)c[nH]c34)cc2N1. The fraction of sp³-hybridized carbons (Fsp3) is 0.192. The van der Waals surface area contributed by atoms with Gasteiger partial charge in [0.15, 0.2) is 12.3 Å². The van der Waals surface area contributed by atoms with E-state index in [0.29, 0.717) is 28.2 Å². The average Bonchev–Trinajstić information content (AvgIpc) is 3.62. The molecule has 3 amide bonds. The van der Waals surface area contributed by atoms with Gasteiger partial charge in [0.1, 0.15) is 17.6 Å². The van der Waals surface area contributed by atoms with Crippen LogP contribution in [0.25, 0.3) is 11.0 Å². The number of H-pyrrole nitrogens is 1. The van der Waals surface area contributed by atoms with Crippen molar-refractivity contribution in [3.63, 3.8) is 0 Å². The number of carbonyl (C=O) groups is 3. The number of nitrogens with zero attached hydrogens (tertiary/aromatic N) is 2. The molecule has 2 aromatic carbocycles. The van der Waals surface area contributed by atoms with Gasteiger partial charge in [-0.05, 0) is 35.6 Å². The molecular formula is C26H22N6O4. The first kappa shape index (κ1) is 21.8. The predicted octanol–water partition coefficient (Wildman–Crippen LogP) is 2.96. The summed E-state index contributed by atoms with van der Waals surface area (Å²) < 4.78 is 5.36. The zero-order valence-corrected chi connectivity index (χ0v) is 19.1. The van der Waals surface area contributed by atoms with Crippen molar-refractivity contribution in [1.82, 2.24) is 20.3 Å². The van der Waals surface area contributed by atoms with Crippen molar-refractivity contribution in [1.29, 1.82) is 0 Å². The number of anilines is 2. The summed E-state index contributed by atoms with van der Waals surface area (Å²) in [5.41, 5.74) is 4.10. The molecule has 2 aliphatic rings. The molecular weight excluding hydrogens is 460 g/mol. The summed E-state index contributed by atoms with van der Waals surface area (Å²) in [4.78, 5) is 48.7. The summed E-state index contributed by atoms with van der Waals surface area (Å²) in [6, 6.07) is 15.3. The van der Waals surface area contributed by atoms with Gasteiger partial charge in [-0.1, -0.05) is 36.4 Å². The lowest BCUT2D eigenvalue weighted by Crippen LogP contribution is -2.26. The Morgan fingerprint density at radius 3 is 2.83 bits per heavy atom. The van der Waals surface area contributed by atoms with Crippen LogP contribution in [-0.2, 0) is 16.1 Å². The zero-order valence-electron chi connectivity index (χ0n) is 19.1. The van der Waals surface area contributed by atoms with Crippen LogP contribution in [0.1, 0.15) is 34.0 Å². The molecule has 3 heterocycles. The highest BCUT2D eigenvalue weighted by Gasteiger charge is 2.44. The Bertz CT molecular complexity index is 1500. The number of amides is 3. The zero-order chi connectivity index (χ0) is 24.6. The first-order valence-electron chi connectivity index (χ1n) is 11.6. The Kier molecular flexibility index (Phi) is 5.33. The van der Waals surface area contributed by atoms with Gasteiger partial charge in [-0.25, -0.2) is 9.97 Å². The van der Waals surface area contributed by atoms with Gasteiger partial charge in [-0.3, -0.25) is 14.4 Å². The van der Waals surface area contributed by atoms with Crippen LogP contribution in [0.3, 0.4) is 0 Å². The number of nitrogens with one attached hydrogen (secondary N) is 4. The summed E-state index contributed by atoms with van der Waals surface area (Å²) >= 11 is 0. The number of fused-ring (bicyclic) bond motifs is 2. The molecule has 2 aromatic heterocycles. The van der Waals surface area contributed by atoms with Crippen molar-refractivity contribution >= 4 is 40.1 Å². The number of ether oxygens (including phenoxy) is 1. The molecule has 4 N–H and O–H groups in total. The number of benzene rings is 2. The highest BCUT2D eigenvalue weighted by atomic mass is 16.5. The van der Waals surface area contributed by atoms with Crippen LogP contribution in [0.2, 0.25) is 0 Å². The lowest BCUT2D eigenvalue weighted by molar-refractivity contribution is -0.119. The summed E-state index contributed by atoms with van der Waals surface area (Å²) in [6.45, 7) is 0.208. The van der Waals surface area contributed by atoms with Crippen LogP contribution < -0.4 is 20.7 Å². The molecule has 1 aliphatic heterocycles. The van der Waals surface area contributed by atoms with Gasteiger partial charge in [0.25, 0.3) is 11.8 Å². The van der Waals surface area contributed by atoms with E-state index < -0.39 is 5.91 Å². The van der Waals surface area contributed by atoms with Crippen molar-refractivity contribution in [3.05, 3.63) is 77.9 Å². The molecule has 0 unspecified atom stereocenters. The van der Waals surface area contributed by atoms with Crippen molar-refractivity contribution in [2.45, 2.75) is 18.9 Å². The summed E-state index contributed by atoms with van der Waals surface area (Å²) in [5, 5.41) is 8.53. The van der Waals surface area contributed by atoms with Crippen molar-refractivity contribution in [3.8, 4) is 5.75 Å². The Hall–Kier alpha value is -4.73. The van der Waals surface area contributed by atoms with Crippen molar-refractivity contribution in [2.75, 3.05) is 17.2 Å². The monoisotopic (exact) mass is 482 g/mol. The maximum absolute atomic E-state index is 12.9. The van der Waals surface area contributed by atoms with Crippen molar-refractivity contribution < 1.29 is 19.1 Å². The third kappa shape index (κ3) is 4.13. The standard InChI is InChI=1S/C26H22N6O4/c33-21-12-36-20-7-6-14(8-18(20)31-21)10-28-26(35)24-23-22(29-13-30-24)19(11-27-23)32-25(34)17-9-16(17)15-4-2-1-3-5-15/h1-8,11,13,16-17,27H,9-10,12H2,(H,28,35)(H,31,33)(H,32,34)/t16-,17+/m1/s1. The van der Waals surface area contributed by atoms with E-state index in [4.69, 9.17) is 4.74 Å². The van der Waals surface area contributed by atoms with E-state index in [2.05, 4.69) is 30.9 Å². The Morgan fingerprint density at radius 1 is 1.11 bits per heavy atom. The molecule has 0 bridgehead atoms. The van der Waals surface area contributed by atoms with Gasteiger partial charge < -0.3 is 25.7 Å². The van der Waals surface area contributed by atoms with E-state index in [-0.39, 0.29) is 42.5 Å². The molecule has 1 aliphatic carbocycles. The largest absolute Gasteiger partial charge is 0.482 e. The van der Waals surface area contributed by atoms with E-state index >= 15 is 0 Å². The van der Waals surface area contributed by atoms with Crippen LogP contribution in [-0.4, -0.2) is 39.3 Å². The maximum Gasteiger partial charge on any atom is 0.272 e. The fourth-order valence-electron chi connectivity index (χ4n) is 4.49. The second-order valence-corrected chi connectivity index (χ2v) is 8.85. The number of hydrogen-bond acceptors (Lipinski definition) is 6. The molecule has 10 heteroatoms. The predicted molar refractivity (Wildman–Crippen MR) is 132 cm³/mol. The topological polar surface area (TPSA) is 138 Å². The van der Waals surface area contributed by atoms with Gasteiger partial charge in [0.2, 0.25) is 5.91 Å². The summed E-state index contributed by atoms with van der Waals surface area (Å²) in [5.74, 6) is 0.0253. The minimum atomic E-state index is -0.397.